The molecule has 0 saturated heterocycles. The highest BCUT2D eigenvalue weighted by Gasteiger charge is 2.15. The van der Waals surface area contributed by atoms with Crippen molar-refractivity contribution in [2.45, 2.75) is 0 Å². The van der Waals surface area contributed by atoms with Crippen LogP contribution in [-0.2, 0) is 9.47 Å². The number of halogens is 1. The van der Waals surface area contributed by atoms with E-state index < -0.39 is 11.9 Å². The Morgan fingerprint density at radius 3 is 2.38 bits per heavy atom. The summed E-state index contributed by atoms with van der Waals surface area (Å²) in [5.41, 5.74) is 1.55. The first kappa shape index (κ1) is 16.8. The molecule has 0 aliphatic rings. The first-order chi connectivity index (χ1) is 11.7. The van der Waals surface area contributed by atoms with Crippen molar-refractivity contribution in [3.8, 4) is 0 Å². The summed E-state index contributed by atoms with van der Waals surface area (Å²) in [6.45, 7) is -0.0247. The highest BCUT2D eigenvalue weighted by molar-refractivity contribution is 14.1. The number of benzene rings is 2. The van der Waals surface area contributed by atoms with Gasteiger partial charge < -0.3 is 9.47 Å². The zero-order valence-corrected chi connectivity index (χ0v) is 15.2. The molecule has 0 bridgehead atoms. The van der Waals surface area contributed by atoms with E-state index in [1.807, 2.05) is 12.1 Å². The molecule has 0 radical (unpaired) electrons. The number of ether oxygens (including phenoxy) is 2. The van der Waals surface area contributed by atoms with Gasteiger partial charge in [-0.1, -0.05) is 22.7 Å². The van der Waals surface area contributed by atoms with Crippen molar-refractivity contribution in [2.75, 3.05) is 13.2 Å². The fraction of sp³-hybridized carbons (Fsp3) is 0.125. The Kier molecular flexibility index (Phi) is 5.36. The second-order valence-electron chi connectivity index (χ2n) is 4.68. The number of rotatable bonds is 5. The van der Waals surface area contributed by atoms with Crippen LogP contribution in [0.15, 0.2) is 42.5 Å². The van der Waals surface area contributed by atoms with E-state index in [0.717, 1.165) is 15.1 Å². The van der Waals surface area contributed by atoms with E-state index in [2.05, 4.69) is 32.2 Å². The standard InChI is InChI=1S/C16H11IN2O4S/c17-12-6-2-1-4-10(12)15(20)22-8-9-23-16(21)11-5-3-7-13-14(11)24-19-18-13/h1-7H,8-9H2. The number of hydrogen-bond acceptors (Lipinski definition) is 7. The third-order valence-electron chi connectivity index (χ3n) is 3.14. The average molecular weight is 454 g/mol. The van der Waals surface area contributed by atoms with Gasteiger partial charge in [-0.15, -0.1) is 5.10 Å². The van der Waals surface area contributed by atoms with Crippen LogP contribution in [0.3, 0.4) is 0 Å². The zero-order chi connectivity index (χ0) is 16.9. The maximum atomic E-state index is 12.1. The molecule has 0 N–H and O–H groups in total. The van der Waals surface area contributed by atoms with Crippen molar-refractivity contribution in [3.63, 3.8) is 0 Å². The molecule has 3 rings (SSSR count). The molecule has 0 atom stereocenters. The fourth-order valence-corrected chi connectivity index (χ4v) is 3.29. The summed E-state index contributed by atoms with van der Waals surface area (Å²) >= 11 is 3.20. The highest BCUT2D eigenvalue weighted by atomic mass is 127. The fourth-order valence-electron chi connectivity index (χ4n) is 2.02. The van der Waals surface area contributed by atoms with Crippen LogP contribution in [0, 0.1) is 3.57 Å². The molecule has 2 aromatic carbocycles. The molecular weight excluding hydrogens is 443 g/mol. The summed E-state index contributed by atoms with van der Waals surface area (Å²) in [5, 5.41) is 3.91. The molecule has 0 amide bonds. The van der Waals surface area contributed by atoms with Gasteiger partial charge in [0.1, 0.15) is 18.7 Å². The van der Waals surface area contributed by atoms with E-state index in [1.54, 1.807) is 30.3 Å². The molecule has 0 fully saturated rings. The van der Waals surface area contributed by atoms with E-state index in [4.69, 9.17) is 9.47 Å². The monoisotopic (exact) mass is 454 g/mol. The largest absolute Gasteiger partial charge is 0.458 e. The molecule has 0 spiro atoms. The number of hydrogen-bond donors (Lipinski definition) is 0. The lowest BCUT2D eigenvalue weighted by Gasteiger charge is -2.07. The van der Waals surface area contributed by atoms with Crippen molar-refractivity contribution in [1.82, 2.24) is 9.59 Å². The normalized spacial score (nSPS) is 10.5. The van der Waals surface area contributed by atoms with Gasteiger partial charge in [0.05, 0.1) is 15.8 Å². The number of aromatic nitrogens is 2. The van der Waals surface area contributed by atoms with Crippen LogP contribution in [0.4, 0.5) is 0 Å². The molecule has 3 aromatic rings. The van der Waals surface area contributed by atoms with Gasteiger partial charge in [0.15, 0.2) is 0 Å². The third kappa shape index (κ3) is 3.70. The molecule has 6 nitrogen and oxygen atoms in total. The maximum Gasteiger partial charge on any atom is 0.339 e. The summed E-state index contributed by atoms with van der Waals surface area (Å²) in [7, 11) is 0. The smallest absolute Gasteiger partial charge is 0.339 e. The van der Waals surface area contributed by atoms with E-state index in [9.17, 15) is 9.59 Å². The van der Waals surface area contributed by atoms with Crippen LogP contribution < -0.4 is 0 Å². The van der Waals surface area contributed by atoms with Crippen LogP contribution in [-0.4, -0.2) is 34.7 Å². The van der Waals surface area contributed by atoms with E-state index in [1.165, 1.54) is 0 Å². The minimum absolute atomic E-state index is 0.00748. The molecular formula is C16H11IN2O4S. The number of esters is 2. The Balaban J connectivity index is 1.53. The minimum Gasteiger partial charge on any atom is -0.458 e. The predicted molar refractivity (Wildman–Crippen MR) is 97.1 cm³/mol. The summed E-state index contributed by atoms with van der Waals surface area (Å²) in [6, 6.07) is 12.3. The van der Waals surface area contributed by atoms with Crippen LogP contribution in [0.1, 0.15) is 20.7 Å². The SMILES string of the molecule is O=C(OCCOC(=O)c1cccc2nnsc12)c1ccccc1I. The van der Waals surface area contributed by atoms with Gasteiger partial charge in [-0.25, -0.2) is 9.59 Å². The first-order valence-corrected chi connectivity index (χ1v) is 8.82. The van der Waals surface area contributed by atoms with Gasteiger partial charge in [-0.2, -0.15) is 0 Å². The lowest BCUT2D eigenvalue weighted by atomic mass is 10.2. The number of carbonyl (C=O) groups is 2. The van der Waals surface area contributed by atoms with Crippen LogP contribution in [0.2, 0.25) is 0 Å². The summed E-state index contributed by atoms with van der Waals surface area (Å²) in [5.74, 6) is -0.929. The number of nitrogens with zero attached hydrogens (tertiary/aromatic N) is 2. The molecule has 122 valence electrons. The average Bonchev–Trinajstić information content (AvgIpc) is 3.07. The van der Waals surface area contributed by atoms with Gasteiger partial charge >= 0.3 is 11.9 Å². The third-order valence-corrected chi connectivity index (χ3v) is 4.85. The Labute approximate surface area is 155 Å². The van der Waals surface area contributed by atoms with Crippen molar-refractivity contribution < 1.29 is 19.1 Å². The van der Waals surface area contributed by atoms with E-state index >= 15 is 0 Å². The van der Waals surface area contributed by atoms with Gasteiger partial charge in [0, 0.05) is 3.57 Å². The summed E-state index contributed by atoms with van der Waals surface area (Å²) < 4.78 is 15.6. The van der Waals surface area contributed by atoms with Gasteiger partial charge in [0.2, 0.25) is 0 Å². The van der Waals surface area contributed by atoms with Crippen molar-refractivity contribution >= 4 is 56.3 Å². The Hall–Kier alpha value is -2.07. The molecule has 24 heavy (non-hydrogen) atoms. The quantitative estimate of drug-likeness (QED) is 0.335. The summed E-state index contributed by atoms with van der Waals surface area (Å²) in [4.78, 5) is 24.1. The van der Waals surface area contributed by atoms with Gasteiger partial charge in [-0.05, 0) is 58.4 Å². The second kappa shape index (κ2) is 7.67. The maximum absolute atomic E-state index is 12.1. The molecule has 0 saturated carbocycles. The van der Waals surface area contributed by atoms with Gasteiger partial charge in [-0.3, -0.25) is 0 Å². The number of carbonyl (C=O) groups excluding carboxylic acids is 2. The second-order valence-corrected chi connectivity index (χ2v) is 6.59. The van der Waals surface area contributed by atoms with Crippen molar-refractivity contribution in [1.29, 1.82) is 0 Å². The lowest BCUT2D eigenvalue weighted by molar-refractivity contribution is 0.0266. The minimum atomic E-state index is -0.489. The molecule has 8 heteroatoms. The molecule has 1 aromatic heterocycles. The zero-order valence-electron chi connectivity index (χ0n) is 12.3. The summed E-state index contributed by atoms with van der Waals surface area (Å²) in [6.07, 6.45) is 0. The Morgan fingerprint density at radius 2 is 1.62 bits per heavy atom. The topological polar surface area (TPSA) is 78.4 Å². The van der Waals surface area contributed by atoms with E-state index in [-0.39, 0.29) is 13.2 Å². The molecule has 1 heterocycles. The lowest BCUT2D eigenvalue weighted by Crippen LogP contribution is -2.14. The van der Waals surface area contributed by atoms with Crippen LogP contribution in [0.5, 0.6) is 0 Å². The van der Waals surface area contributed by atoms with Crippen LogP contribution >= 0.6 is 34.1 Å². The van der Waals surface area contributed by atoms with Crippen molar-refractivity contribution in [2.24, 2.45) is 0 Å². The molecule has 0 unspecified atom stereocenters. The first-order valence-electron chi connectivity index (χ1n) is 6.96. The highest BCUT2D eigenvalue weighted by Crippen LogP contribution is 2.21. The molecule has 0 aliphatic carbocycles. The molecule has 0 aliphatic heterocycles. The van der Waals surface area contributed by atoms with Gasteiger partial charge in [0.25, 0.3) is 0 Å². The van der Waals surface area contributed by atoms with Crippen LogP contribution in [0.25, 0.3) is 10.2 Å². The Morgan fingerprint density at radius 1 is 0.958 bits per heavy atom. The van der Waals surface area contributed by atoms with E-state index in [0.29, 0.717) is 21.3 Å². The predicted octanol–water partition coefficient (Wildman–Crippen LogP) is 3.31. The number of fused-ring (bicyclic) bond motifs is 1. The Bertz CT molecular complexity index is 896. The van der Waals surface area contributed by atoms with Crippen molar-refractivity contribution in [3.05, 3.63) is 57.2 Å².